The minimum absolute atomic E-state index is 0.000532. The van der Waals surface area contributed by atoms with E-state index >= 15 is 0 Å². The average Bonchev–Trinajstić information content (AvgIpc) is 3.87. The SMILES string of the molecule is CNCCS(=O)(=O)O.Cc1cc(Cl)ccc1-c1ccc(NC(=O)Cc2ccc(C3=CCC(C4(C)CC4)CC3)cc2)cc1.Cc1ccc(C=O)cc1. The quantitative estimate of drug-likeness (QED) is 0.111. The highest BCUT2D eigenvalue weighted by Crippen LogP contribution is 2.56. The van der Waals surface area contributed by atoms with Crippen molar-refractivity contribution in [3.63, 3.8) is 0 Å². The summed E-state index contributed by atoms with van der Waals surface area (Å²) in [6.45, 7) is 6.79. The number of allylic oxidation sites excluding steroid dienone is 2. The Morgan fingerprint density at radius 2 is 1.59 bits per heavy atom. The Morgan fingerprint density at radius 1 is 0.941 bits per heavy atom. The molecule has 0 aliphatic heterocycles. The first-order valence-corrected chi connectivity index (χ1v) is 19.3. The molecule has 270 valence electrons. The van der Waals surface area contributed by atoms with Crippen LogP contribution in [0.15, 0.2) is 97.1 Å². The van der Waals surface area contributed by atoms with Crippen molar-refractivity contribution < 1.29 is 22.6 Å². The van der Waals surface area contributed by atoms with E-state index in [1.165, 1.54) is 48.8 Å². The Hall–Kier alpha value is -4.08. The Labute approximate surface area is 308 Å². The lowest BCUT2D eigenvalue weighted by Gasteiger charge is -2.27. The molecule has 1 unspecified atom stereocenters. The molecule has 2 aliphatic carbocycles. The Kier molecular flexibility index (Phi) is 14.3. The maximum absolute atomic E-state index is 12.6. The van der Waals surface area contributed by atoms with Crippen LogP contribution in [0.25, 0.3) is 16.7 Å². The number of amides is 1. The van der Waals surface area contributed by atoms with Gasteiger partial charge in [-0.1, -0.05) is 96.9 Å². The number of benzene rings is 4. The zero-order valence-corrected chi connectivity index (χ0v) is 31.5. The van der Waals surface area contributed by atoms with Crippen LogP contribution in [0.3, 0.4) is 0 Å². The van der Waals surface area contributed by atoms with Gasteiger partial charge < -0.3 is 10.6 Å². The van der Waals surface area contributed by atoms with E-state index in [1.807, 2.05) is 73.7 Å². The van der Waals surface area contributed by atoms with Crippen molar-refractivity contribution in [3.8, 4) is 11.1 Å². The summed E-state index contributed by atoms with van der Waals surface area (Å²) < 4.78 is 27.9. The maximum Gasteiger partial charge on any atom is 0.266 e. The van der Waals surface area contributed by atoms with Crippen molar-refractivity contribution in [1.29, 1.82) is 0 Å². The fraction of sp³-hybridized carbons (Fsp3) is 0.333. The van der Waals surface area contributed by atoms with Crippen LogP contribution in [0, 0.1) is 25.2 Å². The maximum atomic E-state index is 12.6. The molecule has 6 rings (SSSR count). The van der Waals surface area contributed by atoms with Gasteiger partial charge in [-0.3, -0.25) is 14.1 Å². The molecular formula is C42H49ClN2O5S. The summed E-state index contributed by atoms with van der Waals surface area (Å²) in [5.74, 6) is 0.646. The first-order valence-electron chi connectivity index (χ1n) is 17.3. The second-order valence-corrected chi connectivity index (χ2v) is 15.7. The molecule has 0 aromatic heterocycles. The van der Waals surface area contributed by atoms with Crippen LogP contribution in [-0.2, 0) is 21.3 Å². The second-order valence-electron chi connectivity index (χ2n) is 13.7. The zero-order valence-electron chi connectivity index (χ0n) is 29.9. The van der Waals surface area contributed by atoms with Gasteiger partial charge in [-0.15, -0.1) is 0 Å². The number of rotatable bonds is 10. The molecule has 0 spiro atoms. The molecule has 2 aliphatic rings. The van der Waals surface area contributed by atoms with Crippen LogP contribution in [0.4, 0.5) is 5.69 Å². The second kappa shape index (κ2) is 18.4. The smallest absolute Gasteiger partial charge is 0.266 e. The van der Waals surface area contributed by atoms with Crippen LogP contribution < -0.4 is 10.6 Å². The molecule has 4 aromatic rings. The minimum atomic E-state index is -3.75. The molecule has 4 aromatic carbocycles. The van der Waals surface area contributed by atoms with E-state index in [0.29, 0.717) is 18.4 Å². The van der Waals surface area contributed by atoms with Crippen molar-refractivity contribution in [2.75, 3.05) is 24.7 Å². The van der Waals surface area contributed by atoms with E-state index in [1.54, 1.807) is 7.05 Å². The lowest BCUT2D eigenvalue weighted by atomic mass is 9.78. The zero-order chi connectivity index (χ0) is 37.0. The van der Waals surface area contributed by atoms with Gasteiger partial charge in [-0.2, -0.15) is 8.42 Å². The summed E-state index contributed by atoms with van der Waals surface area (Å²) in [7, 11) is -2.13. The van der Waals surface area contributed by atoms with Crippen LogP contribution in [0.1, 0.15) is 71.6 Å². The first-order chi connectivity index (χ1) is 24.3. The van der Waals surface area contributed by atoms with Crippen LogP contribution in [0.2, 0.25) is 5.02 Å². The van der Waals surface area contributed by atoms with Gasteiger partial charge in [0.2, 0.25) is 5.91 Å². The lowest BCUT2D eigenvalue weighted by molar-refractivity contribution is -0.115. The highest BCUT2D eigenvalue weighted by molar-refractivity contribution is 7.85. The van der Waals surface area contributed by atoms with E-state index < -0.39 is 10.1 Å². The molecule has 51 heavy (non-hydrogen) atoms. The van der Waals surface area contributed by atoms with Crippen molar-refractivity contribution in [2.45, 2.75) is 59.3 Å². The molecule has 0 bridgehead atoms. The van der Waals surface area contributed by atoms with Crippen molar-refractivity contribution in [1.82, 2.24) is 5.32 Å². The van der Waals surface area contributed by atoms with Gasteiger partial charge in [0, 0.05) is 22.8 Å². The standard InChI is InChI=1S/C31H32ClNO.C8H8O.C3H9NO3S/c1-21-19-27(32)13-16-29(21)25-9-14-28(15-10-25)33-30(34)20-22-3-5-23(6-4-22)24-7-11-26(12-8-24)31(2)17-18-31;1-7-2-4-8(6-9)5-3-7;1-4-2-3-8(5,6)7/h3-7,9-10,13-16,19,26H,8,11-12,17-18,20H2,1-2H3,(H,33,34);2-6H,1H3;4H,2-3H2,1H3,(H,5,6,7). The van der Waals surface area contributed by atoms with Gasteiger partial charge in [0.15, 0.2) is 0 Å². The van der Waals surface area contributed by atoms with Crippen LogP contribution >= 0.6 is 11.6 Å². The number of aryl methyl sites for hydroxylation is 2. The van der Waals surface area contributed by atoms with Gasteiger partial charge >= 0.3 is 0 Å². The monoisotopic (exact) mass is 728 g/mol. The predicted octanol–water partition coefficient (Wildman–Crippen LogP) is 9.38. The Morgan fingerprint density at radius 3 is 2.10 bits per heavy atom. The van der Waals surface area contributed by atoms with Crippen molar-refractivity contribution in [2.24, 2.45) is 11.3 Å². The average molecular weight is 729 g/mol. The van der Waals surface area contributed by atoms with E-state index in [-0.39, 0.29) is 11.7 Å². The van der Waals surface area contributed by atoms with Gasteiger partial charge in [0.05, 0.1) is 12.2 Å². The summed E-state index contributed by atoms with van der Waals surface area (Å²) in [6.07, 6.45) is 10.2. The van der Waals surface area contributed by atoms with Gasteiger partial charge in [0.25, 0.3) is 10.1 Å². The third-order valence-corrected chi connectivity index (χ3v) is 10.6. The summed E-state index contributed by atoms with van der Waals surface area (Å²) >= 11 is 6.07. The normalized spacial score (nSPS) is 16.0. The highest BCUT2D eigenvalue weighted by atomic mass is 35.5. The Balaban J connectivity index is 0.000000282. The van der Waals surface area contributed by atoms with Gasteiger partial charge in [0.1, 0.15) is 6.29 Å². The summed E-state index contributed by atoms with van der Waals surface area (Å²) in [4.78, 5) is 22.7. The molecule has 9 heteroatoms. The van der Waals surface area contributed by atoms with E-state index in [9.17, 15) is 18.0 Å². The van der Waals surface area contributed by atoms with Crippen molar-refractivity contribution >= 4 is 45.2 Å². The summed E-state index contributed by atoms with van der Waals surface area (Å²) in [5.41, 5.74) is 10.5. The number of hydrogen-bond donors (Lipinski definition) is 3. The summed E-state index contributed by atoms with van der Waals surface area (Å²) in [6, 6.07) is 29.9. The number of anilines is 1. The molecule has 0 heterocycles. The molecule has 7 nitrogen and oxygen atoms in total. The number of nitrogens with one attached hydrogen (secondary N) is 2. The van der Waals surface area contributed by atoms with Crippen LogP contribution in [0.5, 0.6) is 0 Å². The molecular weight excluding hydrogens is 680 g/mol. The molecule has 3 N–H and O–H groups in total. The molecule has 0 saturated heterocycles. The summed E-state index contributed by atoms with van der Waals surface area (Å²) in [5, 5.41) is 6.35. The minimum Gasteiger partial charge on any atom is -0.326 e. The highest BCUT2D eigenvalue weighted by Gasteiger charge is 2.44. The largest absolute Gasteiger partial charge is 0.326 e. The number of aldehydes is 1. The fourth-order valence-electron chi connectivity index (χ4n) is 6.12. The first kappa shape index (κ1) is 39.7. The number of carbonyl (C=O) groups is 2. The molecule has 1 fully saturated rings. The van der Waals surface area contributed by atoms with Crippen LogP contribution in [-0.4, -0.2) is 44.5 Å². The van der Waals surface area contributed by atoms with E-state index in [2.05, 4.69) is 54.8 Å². The molecule has 1 amide bonds. The third kappa shape index (κ3) is 12.9. The Bertz CT molecular complexity index is 1900. The number of hydrogen-bond acceptors (Lipinski definition) is 5. The van der Waals surface area contributed by atoms with E-state index in [0.717, 1.165) is 50.7 Å². The lowest BCUT2D eigenvalue weighted by Crippen LogP contribution is -2.18. The molecule has 1 atom stereocenters. The topological polar surface area (TPSA) is 113 Å². The van der Waals surface area contributed by atoms with Gasteiger partial charge in [-0.05, 0) is 122 Å². The molecule has 1 saturated carbocycles. The van der Waals surface area contributed by atoms with Crippen molar-refractivity contribution in [3.05, 3.63) is 130 Å². The fourth-order valence-corrected chi connectivity index (χ4v) is 6.81. The third-order valence-electron chi connectivity index (χ3n) is 9.62. The van der Waals surface area contributed by atoms with Gasteiger partial charge in [-0.25, -0.2) is 0 Å². The van der Waals surface area contributed by atoms with E-state index in [4.69, 9.17) is 16.2 Å². The molecule has 0 radical (unpaired) electrons. The predicted molar refractivity (Wildman–Crippen MR) is 210 cm³/mol. The number of halogens is 1. The number of carbonyl (C=O) groups excluding carboxylic acids is 2.